The van der Waals surface area contributed by atoms with Gasteiger partial charge in [0.15, 0.2) is 11.5 Å². The minimum Gasteiger partial charge on any atom is -0.492 e. The summed E-state index contributed by atoms with van der Waals surface area (Å²) in [6, 6.07) is 19.7. The van der Waals surface area contributed by atoms with Gasteiger partial charge in [-0.2, -0.15) is 0 Å². The van der Waals surface area contributed by atoms with Gasteiger partial charge in [0.05, 0.1) is 23.7 Å². The fraction of sp³-hybridized carbons (Fsp3) is 0.240. The van der Waals surface area contributed by atoms with Crippen molar-refractivity contribution in [3.63, 3.8) is 0 Å². The van der Waals surface area contributed by atoms with Crippen molar-refractivity contribution in [3.8, 4) is 17.2 Å². The van der Waals surface area contributed by atoms with Gasteiger partial charge in [-0.25, -0.2) is 8.42 Å². The molecule has 1 unspecified atom stereocenters. The third kappa shape index (κ3) is 5.80. The molecule has 1 amide bonds. The Morgan fingerprint density at radius 1 is 1.06 bits per heavy atom. The molecular weight excluding hydrogens is 492 g/mol. The molecule has 3 aromatic rings. The molecule has 0 bridgehead atoms. The van der Waals surface area contributed by atoms with Gasteiger partial charge in [-0.05, 0) is 55.5 Å². The van der Waals surface area contributed by atoms with Crippen LogP contribution in [-0.2, 0) is 14.8 Å². The van der Waals surface area contributed by atoms with E-state index >= 15 is 0 Å². The Balaban J connectivity index is 1.54. The summed E-state index contributed by atoms with van der Waals surface area (Å²) in [6.45, 7) is 2.08. The summed E-state index contributed by atoms with van der Waals surface area (Å²) in [4.78, 5) is 12.9. The van der Waals surface area contributed by atoms with Crippen LogP contribution in [0, 0.1) is 0 Å². The van der Waals surface area contributed by atoms with Gasteiger partial charge in [-0.3, -0.25) is 9.10 Å². The van der Waals surface area contributed by atoms with Crippen molar-refractivity contribution in [2.45, 2.75) is 17.9 Å². The van der Waals surface area contributed by atoms with E-state index in [1.165, 1.54) is 24.3 Å². The van der Waals surface area contributed by atoms with Crippen molar-refractivity contribution in [1.29, 1.82) is 0 Å². The molecule has 0 radical (unpaired) electrons. The molecule has 1 atom stereocenters. The molecule has 0 spiro atoms. The van der Waals surface area contributed by atoms with Gasteiger partial charge in [0, 0.05) is 5.02 Å². The van der Waals surface area contributed by atoms with E-state index in [0.717, 1.165) is 4.31 Å². The number of ether oxygens (including phenoxy) is 3. The predicted octanol–water partition coefficient (Wildman–Crippen LogP) is 3.89. The number of anilines is 1. The third-order valence-corrected chi connectivity index (χ3v) is 7.24. The fourth-order valence-corrected chi connectivity index (χ4v) is 5.11. The Hall–Kier alpha value is -3.43. The molecule has 1 heterocycles. The minimum atomic E-state index is -4.11. The van der Waals surface area contributed by atoms with Crippen LogP contribution in [0.3, 0.4) is 0 Å². The molecule has 8 nitrogen and oxygen atoms in total. The SMILES string of the molecule is CCOc1ccccc1N(CC(=O)NCC1COc2ccccc2O1)S(=O)(=O)c1ccc(Cl)cc1. The number of rotatable bonds is 9. The van der Waals surface area contributed by atoms with Crippen molar-refractivity contribution in [3.05, 3.63) is 77.8 Å². The molecule has 35 heavy (non-hydrogen) atoms. The number of halogens is 1. The first-order chi connectivity index (χ1) is 16.9. The smallest absolute Gasteiger partial charge is 0.264 e. The van der Waals surface area contributed by atoms with Gasteiger partial charge in [-0.15, -0.1) is 0 Å². The molecule has 0 saturated carbocycles. The van der Waals surface area contributed by atoms with Crippen LogP contribution in [0.2, 0.25) is 5.02 Å². The van der Waals surface area contributed by atoms with Gasteiger partial charge in [0.2, 0.25) is 5.91 Å². The lowest BCUT2D eigenvalue weighted by Crippen LogP contribution is -2.45. The molecule has 3 aromatic carbocycles. The number of hydrogen-bond acceptors (Lipinski definition) is 6. The second-order valence-corrected chi connectivity index (χ2v) is 9.97. The number of nitrogens with zero attached hydrogens (tertiary/aromatic N) is 1. The summed E-state index contributed by atoms with van der Waals surface area (Å²) in [6.07, 6.45) is -0.411. The second-order valence-electron chi connectivity index (χ2n) is 7.67. The van der Waals surface area contributed by atoms with Crippen molar-refractivity contribution in [1.82, 2.24) is 5.32 Å². The highest BCUT2D eigenvalue weighted by atomic mass is 35.5. The number of sulfonamides is 1. The summed E-state index contributed by atoms with van der Waals surface area (Å²) in [7, 11) is -4.11. The van der Waals surface area contributed by atoms with E-state index in [1.807, 2.05) is 12.1 Å². The Morgan fingerprint density at radius 3 is 2.49 bits per heavy atom. The summed E-state index contributed by atoms with van der Waals surface area (Å²) in [5.41, 5.74) is 0.255. The molecule has 0 aromatic heterocycles. The van der Waals surface area contributed by atoms with Gasteiger partial charge in [0.1, 0.15) is 25.0 Å². The van der Waals surface area contributed by atoms with E-state index < -0.39 is 28.6 Å². The molecule has 1 N–H and O–H groups in total. The van der Waals surface area contributed by atoms with E-state index in [-0.39, 0.29) is 23.7 Å². The zero-order valence-corrected chi connectivity index (χ0v) is 20.6. The van der Waals surface area contributed by atoms with Crippen LogP contribution < -0.4 is 23.8 Å². The maximum absolute atomic E-state index is 13.6. The van der Waals surface area contributed by atoms with Crippen LogP contribution in [0.15, 0.2) is 77.7 Å². The van der Waals surface area contributed by atoms with Crippen molar-refractivity contribution < 1.29 is 27.4 Å². The zero-order chi connectivity index (χ0) is 24.8. The van der Waals surface area contributed by atoms with Crippen LogP contribution in [0.5, 0.6) is 17.2 Å². The molecule has 10 heteroatoms. The number of nitrogens with one attached hydrogen (secondary N) is 1. The average Bonchev–Trinajstić information content (AvgIpc) is 2.87. The lowest BCUT2D eigenvalue weighted by molar-refractivity contribution is -0.120. The Bertz CT molecular complexity index is 1280. The first kappa shape index (κ1) is 24.7. The lowest BCUT2D eigenvalue weighted by atomic mass is 10.2. The summed E-state index contributed by atoms with van der Waals surface area (Å²) < 4.78 is 45.4. The normalized spacial score (nSPS) is 14.7. The highest BCUT2D eigenvalue weighted by Gasteiger charge is 2.30. The standard InChI is InChI=1S/C25H25ClN2O6S/c1-2-32-22-8-4-3-7-21(22)28(35(30,31)20-13-11-18(26)12-14-20)16-25(29)27-15-19-17-33-23-9-5-6-10-24(23)34-19/h3-14,19H,2,15-17H2,1H3,(H,27,29). The van der Waals surface area contributed by atoms with E-state index in [0.29, 0.717) is 28.9 Å². The topological polar surface area (TPSA) is 94.2 Å². The van der Waals surface area contributed by atoms with E-state index in [2.05, 4.69) is 5.32 Å². The Morgan fingerprint density at radius 2 is 1.74 bits per heavy atom. The predicted molar refractivity (Wildman–Crippen MR) is 133 cm³/mol. The maximum atomic E-state index is 13.6. The second kappa shape index (κ2) is 10.9. The Kier molecular flexibility index (Phi) is 7.67. The number of carbonyl (C=O) groups excluding carboxylic acids is 1. The van der Waals surface area contributed by atoms with Gasteiger partial charge in [-0.1, -0.05) is 35.9 Å². The van der Waals surface area contributed by atoms with Crippen molar-refractivity contribution >= 4 is 33.2 Å². The summed E-state index contributed by atoms with van der Waals surface area (Å²) in [5, 5.41) is 3.16. The molecule has 184 valence electrons. The first-order valence-corrected chi connectivity index (χ1v) is 12.9. The van der Waals surface area contributed by atoms with Crippen LogP contribution >= 0.6 is 11.6 Å². The minimum absolute atomic E-state index is 0.00150. The quantitative estimate of drug-likeness (QED) is 0.464. The van der Waals surface area contributed by atoms with Crippen LogP contribution in [0.25, 0.3) is 0 Å². The van der Waals surface area contributed by atoms with Crippen LogP contribution in [0.4, 0.5) is 5.69 Å². The van der Waals surface area contributed by atoms with Crippen molar-refractivity contribution in [2.24, 2.45) is 0 Å². The number of benzene rings is 3. The third-order valence-electron chi connectivity index (χ3n) is 5.22. The highest BCUT2D eigenvalue weighted by molar-refractivity contribution is 7.92. The van der Waals surface area contributed by atoms with Gasteiger partial charge >= 0.3 is 0 Å². The summed E-state index contributed by atoms with van der Waals surface area (Å²) >= 11 is 5.94. The molecular formula is C25H25ClN2O6S. The van der Waals surface area contributed by atoms with Crippen LogP contribution in [0.1, 0.15) is 6.92 Å². The van der Waals surface area contributed by atoms with E-state index in [4.69, 9.17) is 25.8 Å². The van der Waals surface area contributed by atoms with Gasteiger partial charge < -0.3 is 19.5 Å². The largest absolute Gasteiger partial charge is 0.492 e. The molecule has 1 aliphatic rings. The lowest BCUT2D eigenvalue weighted by Gasteiger charge is -2.28. The maximum Gasteiger partial charge on any atom is 0.264 e. The molecule has 1 aliphatic heterocycles. The highest BCUT2D eigenvalue weighted by Crippen LogP contribution is 2.33. The van der Waals surface area contributed by atoms with Gasteiger partial charge in [0.25, 0.3) is 10.0 Å². The fourth-order valence-electron chi connectivity index (χ4n) is 3.55. The number of para-hydroxylation sites is 4. The zero-order valence-electron chi connectivity index (χ0n) is 19.0. The summed E-state index contributed by atoms with van der Waals surface area (Å²) in [5.74, 6) is 1.08. The van der Waals surface area contributed by atoms with Crippen molar-refractivity contribution in [2.75, 3.05) is 30.6 Å². The number of fused-ring (bicyclic) bond motifs is 1. The van der Waals surface area contributed by atoms with E-state index in [9.17, 15) is 13.2 Å². The average molecular weight is 517 g/mol. The number of amides is 1. The molecule has 0 fully saturated rings. The first-order valence-electron chi connectivity index (χ1n) is 11.0. The van der Waals surface area contributed by atoms with Crippen LogP contribution in [-0.4, -0.2) is 46.7 Å². The van der Waals surface area contributed by atoms with E-state index in [1.54, 1.807) is 43.3 Å². The molecule has 4 rings (SSSR count). The number of carbonyl (C=O) groups is 1. The Labute approximate surface area is 209 Å². The molecule has 0 aliphatic carbocycles. The molecule has 0 saturated heterocycles. The number of hydrogen-bond donors (Lipinski definition) is 1. The monoisotopic (exact) mass is 516 g/mol.